The van der Waals surface area contributed by atoms with E-state index in [9.17, 15) is 9.59 Å². The number of urea groups is 1. The number of carbonyl (C=O) groups is 2. The third-order valence-electron chi connectivity index (χ3n) is 4.32. The maximum absolute atomic E-state index is 12.7. The first-order valence-corrected chi connectivity index (χ1v) is 10.2. The molecule has 2 N–H and O–H groups in total. The summed E-state index contributed by atoms with van der Waals surface area (Å²) in [6.45, 7) is 1.50. The fourth-order valence-electron chi connectivity index (χ4n) is 3.01. The summed E-state index contributed by atoms with van der Waals surface area (Å²) < 4.78 is 9.38. The number of ether oxygens (including phenoxy) is 2. The zero-order chi connectivity index (χ0) is 21.7. The highest BCUT2D eigenvalue weighted by Gasteiger charge is 2.35. The predicted molar refractivity (Wildman–Crippen MR) is 116 cm³/mol. The zero-order valence-corrected chi connectivity index (χ0v) is 18.2. The van der Waals surface area contributed by atoms with Gasteiger partial charge in [0, 0.05) is 11.3 Å². The Labute approximate surface area is 189 Å². The quantitative estimate of drug-likeness (QED) is 0.470. The van der Waals surface area contributed by atoms with Gasteiger partial charge in [-0.2, -0.15) is 0 Å². The highest BCUT2D eigenvalue weighted by molar-refractivity contribution is 6.67. The van der Waals surface area contributed by atoms with Crippen LogP contribution < -0.4 is 15.4 Å². The van der Waals surface area contributed by atoms with Gasteiger partial charge in [0.15, 0.2) is 0 Å². The summed E-state index contributed by atoms with van der Waals surface area (Å²) in [4.78, 5) is 24.9. The second kappa shape index (κ2) is 9.60. The minimum absolute atomic E-state index is 0.194. The van der Waals surface area contributed by atoms with Crippen molar-refractivity contribution in [3.8, 4) is 5.75 Å². The van der Waals surface area contributed by atoms with Gasteiger partial charge in [-0.1, -0.05) is 83.3 Å². The Kier molecular flexibility index (Phi) is 7.13. The average Bonchev–Trinajstić information content (AvgIpc) is 2.70. The van der Waals surface area contributed by atoms with Crippen molar-refractivity contribution >= 4 is 46.8 Å². The van der Waals surface area contributed by atoms with Crippen molar-refractivity contribution in [3.63, 3.8) is 0 Å². The molecule has 0 radical (unpaired) electrons. The maximum atomic E-state index is 12.7. The van der Waals surface area contributed by atoms with Crippen molar-refractivity contribution < 1.29 is 19.1 Å². The first kappa shape index (κ1) is 22.3. The molecule has 158 valence electrons. The largest absolute Gasteiger partial charge is 0.489 e. The number of amides is 2. The van der Waals surface area contributed by atoms with E-state index in [2.05, 4.69) is 10.6 Å². The van der Waals surface area contributed by atoms with Gasteiger partial charge in [0.05, 0.1) is 11.6 Å². The van der Waals surface area contributed by atoms with Crippen LogP contribution in [0.15, 0.2) is 65.9 Å². The summed E-state index contributed by atoms with van der Waals surface area (Å²) in [5.74, 6) is -0.192. The molecule has 1 unspecified atom stereocenters. The van der Waals surface area contributed by atoms with Gasteiger partial charge < -0.3 is 20.1 Å². The molecular weight excluding hydrogens is 451 g/mol. The van der Waals surface area contributed by atoms with Crippen LogP contribution in [-0.4, -0.2) is 22.4 Å². The Morgan fingerprint density at radius 3 is 2.43 bits per heavy atom. The van der Waals surface area contributed by atoms with Gasteiger partial charge in [-0.15, -0.1) is 0 Å². The van der Waals surface area contributed by atoms with Crippen molar-refractivity contribution in [2.75, 3.05) is 6.61 Å². The van der Waals surface area contributed by atoms with Crippen LogP contribution in [0.1, 0.15) is 24.1 Å². The maximum Gasteiger partial charge on any atom is 0.338 e. The Morgan fingerprint density at radius 2 is 1.73 bits per heavy atom. The Hall–Kier alpha value is -2.41. The summed E-state index contributed by atoms with van der Waals surface area (Å²) in [6, 6.07) is 15.5. The van der Waals surface area contributed by atoms with E-state index in [4.69, 9.17) is 44.3 Å². The second-order valence-electron chi connectivity index (χ2n) is 6.57. The van der Waals surface area contributed by atoms with E-state index >= 15 is 0 Å². The number of benzene rings is 2. The molecule has 2 aromatic carbocycles. The molecule has 30 heavy (non-hydrogen) atoms. The van der Waals surface area contributed by atoms with Gasteiger partial charge in [-0.25, -0.2) is 9.59 Å². The van der Waals surface area contributed by atoms with E-state index in [1.54, 1.807) is 25.1 Å². The van der Waals surface area contributed by atoms with Crippen LogP contribution in [0.3, 0.4) is 0 Å². The summed E-state index contributed by atoms with van der Waals surface area (Å²) in [5, 5.41) is 5.32. The summed E-state index contributed by atoms with van der Waals surface area (Å²) in [6.07, 6.45) is 0. The molecule has 0 saturated heterocycles. The van der Waals surface area contributed by atoms with Crippen LogP contribution in [0.2, 0.25) is 0 Å². The van der Waals surface area contributed by atoms with E-state index in [0.717, 1.165) is 5.56 Å². The summed E-state index contributed by atoms with van der Waals surface area (Å²) in [5.41, 5.74) is 2.12. The monoisotopic (exact) mass is 468 g/mol. The number of para-hydroxylation sites is 1. The smallest absolute Gasteiger partial charge is 0.338 e. The third-order valence-corrected chi connectivity index (χ3v) is 4.65. The number of rotatable bonds is 6. The lowest BCUT2D eigenvalue weighted by molar-refractivity contribution is -0.139. The van der Waals surface area contributed by atoms with E-state index in [-0.39, 0.29) is 5.57 Å². The highest BCUT2D eigenvalue weighted by Crippen LogP contribution is 2.34. The molecule has 2 aromatic rings. The highest BCUT2D eigenvalue weighted by atomic mass is 35.6. The van der Waals surface area contributed by atoms with Crippen LogP contribution in [0.5, 0.6) is 5.75 Å². The molecule has 1 atom stereocenters. The van der Waals surface area contributed by atoms with Gasteiger partial charge >= 0.3 is 12.0 Å². The molecule has 0 aromatic heterocycles. The van der Waals surface area contributed by atoms with Gasteiger partial charge in [-0.05, 0) is 18.6 Å². The van der Waals surface area contributed by atoms with Gasteiger partial charge in [0.2, 0.25) is 3.79 Å². The minimum atomic E-state index is -1.75. The molecule has 9 heteroatoms. The number of allylic oxidation sites excluding steroid dienone is 1. The normalized spacial score (nSPS) is 16.5. The predicted octanol–water partition coefficient (Wildman–Crippen LogP) is 4.81. The first-order chi connectivity index (χ1) is 14.2. The molecule has 6 nitrogen and oxygen atoms in total. The zero-order valence-electron chi connectivity index (χ0n) is 16.0. The van der Waals surface area contributed by atoms with Crippen LogP contribution >= 0.6 is 34.8 Å². The van der Waals surface area contributed by atoms with E-state index < -0.39 is 28.4 Å². The summed E-state index contributed by atoms with van der Waals surface area (Å²) >= 11 is 17.1. The number of carbonyl (C=O) groups excluding carboxylic acids is 2. The van der Waals surface area contributed by atoms with Gasteiger partial charge in [0.25, 0.3) is 0 Å². The van der Waals surface area contributed by atoms with Crippen molar-refractivity contribution in [1.82, 2.24) is 10.6 Å². The topological polar surface area (TPSA) is 76.7 Å². The van der Waals surface area contributed by atoms with E-state index in [1.165, 1.54) is 0 Å². The van der Waals surface area contributed by atoms with E-state index in [0.29, 0.717) is 23.6 Å². The van der Waals surface area contributed by atoms with Crippen LogP contribution in [0, 0.1) is 0 Å². The Bertz CT molecular complexity index is 958. The van der Waals surface area contributed by atoms with Crippen molar-refractivity contribution in [2.24, 2.45) is 0 Å². The molecule has 0 fully saturated rings. The van der Waals surface area contributed by atoms with Crippen LogP contribution in [-0.2, 0) is 16.1 Å². The molecule has 0 aliphatic carbocycles. The van der Waals surface area contributed by atoms with Gasteiger partial charge in [0.1, 0.15) is 19.0 Å². The third kappa shape index (κ3) is 5.81. The van der Waals surface area contributed by atoms with E-state index in [1.807, 2.05) is 36.4 Å². The molecule has 0 spiro atoms. The number of alkyl halides is 3. The molecule has 0 bridgehead atoms. The van der Waals surface area contributed by atoms with Crippen molar-refractivity contribution in [2.45, 2.75) is 23.4 Å². The minimum Gasteiger partial charge on any atom is -0.489 e. The lowest BCUT2D eigenvalue weighted by Crippen LogP contribution is -2.45. The number of nitrogens with one attached hydrogen (secondary N) is 2. The van der Waals surface area contributed by atoms with Crippen LogP contribution in [0.25, 0.3) is 0 Å². The van der Waals surface area contributed by atoms with Crippen molar-refractivity contribution in [1.29, 1.82) is 0 Å². The number of hydrogen-bond donors (Lipinski definition) is 2. The second-order valence-corrected chi connectivity index (χ2v) is 9.09. The Balaban J connectivity index is 1.89. The molecular formula is C21H19Cl3N2O4. The van der Waals surface area contributed by atoms with Crippen LogP contribution in [0.4, 0.5) is 4.79 Å². The number of esters is 1. The molecule has 0 saturated carbocycles. The standard InChI is InChI=1S/C21H19Cl3N2O4/c1-13-17(19(27)30-12-21(22,23)24)18(26-20(28)25-13)15-9-5-6-10-16(15)29-11-14-7-3-2-4-8-14/h2-10,18H,11-12H2,1H3,(H2,25,26,28). The number of halogens is 3. The summed E-state index contributed by atoms with van der Waals surface area (Å²) in [7, 11) is 0. The molecule has 1 aliphatic rings. The lowest BCUT2D eigenvalue weighted by Gasteiger charge is -2.29. The lowest BCUT2D eigenvalue weighted by atomic mass is 9.95. The molecule has 3 rings (SSSR count). The SMILES string of the molecule is CC1=C(C(=O)OCC(Cl)(Cl)Cl)C(c2ccccc2OCc2ccccc2)NC(=O)N1. The average molecular weight is 470 g/mol. The molecule has 1 aliphatic heterocycles. The Morgan fingerprint density at radius 1 is 1.07 bits per heavy atom. The molecule has 2 amide bonds. The first-order valence-electron chi connectivity index (χ1n) is 9.02. The fraction of sp³-hybridized carbons (Fsp3) is 0.238. The van der Waals surface area contributed by atoms with Gasteiger partial charge in [-0.3, -0.25) is 0 Å². The fourth-order valence-corrected chi connectivity index (χ4v) is 3.17. The van der Waals surface area contributed by atoms with Crippen molar-refractivity contribution in [3.05, 3.63) is 77.0 Å². The number of hydrogen-bond acceptors (Lipinski definition) is 4. The molecule has 1 heterocycles.